The summed E-state index contributed by atoms with van der Waals surface area (Å²) in [7, 11) is 0. The first-order chi connectivity index (χ1) is 7.63. The number of rotatable bonds is 4. The zero-order valence-electron chi connectivity index (χ0n) is 8.94. The van der Waals surface area contributed by atoms with Gasteiger partial charge in [0, 0.05) is 6.42 Å². The maximum Gasteiger partial charge on any atom is 0.220 e. The van der Waals surface area contributed by atoms with Crippen LogP contribution in [0.3, 0.4) is 0 Å². The fraction of sp³-hybridized carbons (Fsp3) is 0.417. The SMILES string of the molecule is C#CCNC(=O)CCC1C=C(O)C(O)=CC1. The molecule has 1 unspecified atom stereocenters. The van der Waals surface area contributed by atoms with E-state index in [1.165, 1.54) is 0 Å². The molecule has 86 valence electrons. The number of aliphatic hydroxyl groups is 2. The van der Waals surface area contributed by atoms with Crippen molar-refractivity contribution in [1.29, 1.82) is 0 Å². The maximum absolute atomic E-state index is 11.2. The Balaban J connectivity index is 2.30. The second-order valence-electron chi connectivity index (χ2n) is 3.66. The average Bonchev–Trinajstić information content (AvgIpc) is 2.28. The number of aliphatic hydroxyl groups excluding tert-OH is 2. The molecule has 3 N–H and O–H groups in total. The van der Waals surface area contributed by atoms with Crippen LogP contribution in [0.2, 0.25) is 0 Å². The minimum Gasteiger partial charge on any atom is -0.504 e. The molecule has 4 heteroatoms. The van der Waals surface area contributed by atoms with E-state index in [1.807, 2.05) is 0 Å². The third-order valence-electron chi connectivity index (χ3n) is 2.40. The Morgan fingerprint density at radius 1 is 1.56 bits per heavy atom. The van der Waals surface area contributed by atoms with Crippen molar-refractivity contribution in [2.75, 3.05) is 6.54 Å². The maximum atomic E-state index is 11.2. The molecule has 1 amide bonds. The summed E-state index contributed by atoms with van der Waals surface area (Å²) >= 11 is 0. The number of hydrogen-bond acceptors (Lipinski definition) is 3. The van der Waals surface area contributed by atoms with Crippen molar-refractivity contribution in [3.63, 3.8) is 0 Å². The van der Waals surface area contributed by atoms with Crippen LogP contribution in [0.25, 0.3) is 0 Å². The van der Waals surface area contributed by atoms with Crippen molar-refractivity contribution in [1.82, 2.24) is 5.32 Å². The summed E-state index contributed by atoms with van der Waals surface area (Å²) in [4.78, 5) is 11.2. The van der Waals surface area contributed by atoms with E-state index in [0.717, 1.165) is 0 Å². The van der Waals surface area contributed by atoms with Crippen molar-refractivity contribution in [3.8, 4) is 12.3 Å². The van der Waals surface area contributed by atoms with Gasteiger partial charge in [-0.05, 0) is 30.9 Å². The van der Waals surface area contributed by atoms with E-state index in [2.05, 4.69) is 11.2 Å². The predicted octanol–water partition coefficient (Wildman–Crippen LogP) is 1.42. The summed E-state index contributed by atoms with van der Waals surface area (Å²) in [6.45, 7) is 0.241. The third-order valence-corrected chi connectivity index (χ3v) is 2.40. The van der Waals surface area contributed by atoms with Gasteiger partial charge in [0.2, 0.25) is 5.91 Å². The van der Waals surface area contributed by atoms with Crippen molar-refractivity contribution in [2.45, 2.75) is 19.3 Å². The van der Waals surface area contributed by atoms with Crippen LogP contribution >= 0.6 is 0 Å². The van der Waals surface area contributed by atoms with Crippen LogP contribution in [-0.4, -0.2) is 22.7 Å². The molecule has 0 aromatic rings. The highest BCUT2D eigenvalue weighted by Gasteiger charge is 2.15. The van der Waals surface area contributed by atoms with Gasteiger partial charge in [0.1, 0.15) is 0 Å². The number of nitrogens with one attached hydrogen (secondary N) is 1. The van der Waals surface area contributed by atoms with Gasteiger partial charge in [0.05, 0.1) is 6.54 Å². The largest absolute Gasteiger partial charge is 0.504 e. The lowest BCUT2D eigenvalue weighted by Gasteiger charge is -2.15. The Morgan fingerprint density at radius 3 is 2.94 bits per heavy atom. The molecule has 0 saturated carbocycles. The smallest absolute Gasteiger partial charge is 0.220 e. The lowest BCUT2D eigenvalue weighted by Crippen LogP contribution is -2.23. The molecule has 0 spiro atoms. The number of terminal acetylenes is 1. The van der Waals surface area contributed by atoms with E-state index in [4.69, 9.17) is 11.5 Å². The lowest BCUT2D eigenvalue weighted by atomic mass is 9.94. The summed E-state index contributed by atoms with van der Waals surface area (Å²) in [5, 5.41) is 21.0. The first-order valence-electron chi connectivity index (χ1n) is 5.14. The van der Waals surface area contributed by atoms with Gasteiger partial charge in [-0.15, -0.1) is 6.42 Å². The summed E-state index contributed by atoms with van der Waals surface area (Å²) in [6, 6.07) is 0. The van der Waals surface area contributed by atoms with Gasteiger partial charge < -0.3 is 15.5 Å². The summed E-state index contributed by atoms with van der Waals surface area (Å²) in [5.74, 6) is 2.12. The molecular weight excluding hydrogens is 206 g/mol. The van der Waals surface area contributed by atoms with Crippen molar-refractivity contribution >= 4 is 5.91 Å². The van der Waals surface area contributed by atoms with Crippen LogP contribution in [0.5, 0.6) is 0 Å². The highest BCUT2D eigenvalue weighted by Crippen LogP contribution is 2.23. The second-order valence-corrected chi connectivity index (χ2v) is 3.66. The number of hydrogen-bond donors (Lipinski definition) is 3. The quantitative estimate of drug-likeness (QED) is 0.629. The Kier molecular flexibility index (Phi) is 4.46. The van der Waals surface area contributed by atoms with Gasteiger partial charge in [-0.1, -0.05) is 5.92 Å². The molecule has 4 nitrogen and oxygen atoms in total. The van der Waals surface area contributed by atoms with Crippen LogP contribution in [0.15, 0.2) is 23.7 Å². The van der Waals surface area contributed by atoms with E-state index in [0.29, 0.717) is 19.3 Å². The first-order valence-corrected chi connectivity index (χ1v) is 5.14. The molecule has 0 radical (unpaired) electrons. The molecule has 0 bridgehead atoms. The Morgan fingerprint density at radius 2 is 2.31 bits per heavy atom. The third kappa shape index (κ3) is 3.70. The van der Waals surface area contributed by atoms with Crippen LogP contribution in [0.4, 0.5) is 0 Å². The van der Waals surface area contributed by atoms with Gasteiger partial charge in [-0.3, -0.25) is 4.79 Å². The molecule has 0 aromatic heterocycles. The second kappa shape index (κ2) is 5.86. The number of allylic oxidation sites excluding steroid dienone is 2. The highest BCUT2D eigenvalue weighted by atomic mass is 16.3. The van der Waals surface area contributed by atoms with E-state index in [1.54, 1.807) is 12.2 Å². The molecule has 1 atom stereocenters. The minimum absolute atomic E-state index is 0.0898. The zero-order valence-corrected chi connectivity index (χ0v) is 8.94. The van der Waals surface area contributed by atoms with Crippen molar-refractivity contribution < 1.29 is 15.0 Å². The Labute approximate surface area is 94.7 Å². The summed E-state index contributed by atoms with van der Waals surface area (Å²) in [5.41, 5.74) is 0. The van der Waals surface area contributed by atoms with Gasteiger partial charge in [0.15, 0.2) is 11.5 Å². The molecule has 1 aliphatic rings. The Bertz CT molecular complexity index is 363. The summed E-state index contributed by atoms with van der Waals surface area (Å²) < 4.78 is 0. The van der Waals surface area contributed by atoms with Gasteiger partial charge in [-0.2, -0.15) is 0 Å². The van der Waals surface area contributed by atoms with E-state index in [-0.39, 0.29) is 29.9 Å². The van der Waals surface area contributed by atoms with E-state index < -0.39 is 0 Å². The van der Waals surface area contributed by atoms with Crippen LogP contribution < -0.4 is 5.32 Å². The van der Waals surface area contributed by atoms with Crippen LogP contribution in [-0.2, 0) is 4.79 Å². The Hall–Kier alpha value is -1.89. The highest BCUT2D eigenvalue weighted by molar-refractivity contribution is 5.76. The minimum atomic E-state index is -0.111. The first kappa shape index (κ1) is 12.2. The van der Waals surface area contributed by atoms with Crippen molar-refractivity contribution in [2.24, 2.45) is 5.92 Å². The molecular formula is C12H15NO3. The summed E-state index contributed by atoms with van der Waals surface area (Å²) in [6.07, 6.45) is 9.77. The monoisotopic (exact) mass is 221 g/mol. The predicted molar refractivity (Wildman–Crippen MR) is 60.6 cm³/mol. The molecule has 0 saturated heterocycles. The zero-order chi connectivity index (χ0) is 12.0. The van der Waals surface area contributed by atoms with E-state index in [9.17, 15) is 9.90 Å². The fourth-order valence-corrected chi connectivity index (χ4v) is 1.50. The molecule has 16 heavy (non-hydrogen) atoms. The molecule has 1 rings (SSSR count). The topological polar surface area (TPSA) is 69.6 Å². The molecule has 1 aliphatic carbocycles. The fourth-order valence-electron chi connectivity index (χ4n) is 1.50. The number of amides is 1. The standard InChI is InChI=1S/C12H15NO3/c1-2-7-13-12(16)6-4-9-3-5-10(14)11(15)8-9/h1,5,8-9,14-15H,3-4,6-7H2,(H,13,16). The molecule has 0 fully saturated rings. The van der Waals surface area contributed by atoms with Gasteiger partial charge in [-0.25, -0.2) is 0 Å². The number of carbonyl (C=O) groups excluding carboxylic acids is 1. The number of carbonyl (C=O) groups is 1. The van der Waals surface area contributed by atoms with Gasteiger partial charge in [0.25, 0.3) is 0 Å². The van der Waals surface area contributed by atoms with Crippen LogP contribution in [0, 0.1) is 18.3 Å². The van der Waals surface area contributed by atoms with Crippen molar-refractivity contribution in [3.05, 3.63) is 23.7 Å². The normalized spacial score (nSPS) is 19.3. The molecule has 0 heterocycles. The molecule has 0 aromatic carbocycles. The van der Waals surface area contributed by atoms with Gasteiger partial charge >= 0.3 is 0 Å². The average molecular weight is 221 g/mol. The lowest BCUT2D eigenvalue weighted by molar-refractivity contribution is -0.121. The van der Waals surface area contributed by atoms with E-state index >= 15 is 0 Å². The molecule has 0 aliphatic heterocycles. The van der Waals surface area contributed by atoms with Crippen LogP contribution in [0.1, 0.15) is 19.3 Å².